The SMILES string of the molecule is CCCC(OC)N1C(=O)c2ccc3c4c(ccc(c24)C1=O)C(=O)N(N1C(=O)c2ccc4c5c(ccc(c25)C1=O)C(=O)N(C(CCC)OC)C4=O)C3=O. The second kappa shape index (κ2) is 11.7. The largest absolute Gasteiger partial charge is 0.361 e. The zero-order valence-corrected chi connectivity index (χ0v) is 28.5. The van der Waals surface area contributed by atoms with Gasteiger partial charge in [-0.05, 0) is 61.4 Å². The standard InChI is InChI=1S/C38H30N4O10/c1-5-7-25(51-3)39-31(43)17-9-13-21-29-22(14-10-18(27(17)29)32(39)44)36(48)41(35(21)47)42-37(49)23-15-11-19-28-20(12-16-24(30(23)28)38(42)50)34(46)40(33(19)45)26(52-4)8-6-2/h9-16,25-26H,5-8H2,1-4H3. The monoisotopic (exact) mass is 702 g/mol. The zero-order chi connectivity index (χ0) is 36.9. The number of benzene rings is 4. The highest BCUT2D eigenvalue weighted by atomic mass is 16.5. The summed E-state index contributed by atoms with van der Waals surface area (Å²) in [7, 11) is 2.80. The van der Waals surface area contributed by atoms with Crippen LogP contribution in [0, 0.1) is 0 Å². The van der Waals surface area contributed by atoms with Crippen LogP contribution in [0.1, 0.15) is 122 Å². The molecule has 4 aromatic rings. The molecule has 0 bridgehead atoms. The number of imide groups is 4. The first-order valence-electron chi connectivity index (χ1n) is 16.8. The lowest BCUT2D eigenvalue weighted by Crippen LogP contribution is -2.58. The minimum Gasteiger partial charge on any atom is -0.361 e. The summed E-state index contributed by atoms with van der Waals surface area (Å²) in [5, 5.41) is 1.27. The molecular formula is C38H30N4O10. The lowest BCUT2D eigenvalue weighted by atomic mass is 9.85. The fourth-order valence-electron chi connectivity index (χ4n) is 7.85. The fraction of sp³-hybridized carbons (Fsp3) is 0.263. The molecule has 4 aliphatic heterocycles. The highest BCUT2D eigenvalue weighted by Crippen LogP contribution is 2.42. The molecule has 0 fully saturated rings. The Kier molecular flexibility index (Phi) is 7.45. The number of nitrogens with zero attached hydrogens (tertiary/aromatic N) is 4. The van der Waals surface area contributed by atoms with Gasteiger partial charge < -0.3 is 9.47 Å². The van der Waals surface area contributed by atoms with Gasteiger partial charge in [0.15, 0.2) is 0 Å². The minimum absolute atomic E-state index is 0.0573. The van der Waals surface area contributed by atoms with E-state index in [4.69, 9.17) is 9.47 Å². The molecule has 4 heterocycles. The predicted molar refractivity (Wildman–Crippen MR) is 181 cm³/mol. The van der Waals surface area contributed by atoms with E-state index in [9.17, 15) is 38.4 Å². The van der Waals surface area contributed by atoms with Crippen LogP contribution in [0.25, 0.3) is 21.5 Å². The van der Waals surface area contributed by atoms with Crippen LogP contribution in [0.2, 0.25) is 0 Å². The van der Waals surface area contributed by atoms with Gasteiger partial charge in [0.2, 0.25) is 0 Å². The third-order valence-electron chi connectivity index (χ3n) is 10.2. The maximum atomic E-state index is 14.2. The predicted octanol–water partition coefficient (Wildman–Crippen LogP) is 4.54. The molecule has 2 unspecified atom stereocenters. The minimum atomic E-state index is -1.03. The van der Waals surface area contributed by atoms with Crippen molar-refractivity contribution < 1.29 is 47.8 Å². The van der Waals surface area contributed by atoms with Crippen LogP contribution in [0.4, 0.5) is 0 Å². The first-order valence-corrected chi connectivity index (χ1v) is 16.8. The van der Waals surface area contributed by atoms with E-state index in [1.807, 2.05) is 13.8 Å². The Morgan fingerprint density at radius 2 is 0.615 bits per heavy atom. The maximum Gasteiger partial charge on any atom is 0.281 e. The normalized spacial score (nSPS) is 17.7. The van der Waals surface area contributed by atoms with E-state index in [1.165, 1.54) is 62.8 Å². The molecule has 52 heavy (non-hydrogen) atoms. The van der Waals surface area contributed by atoms with Gasteiger partial charge in [0.1, 0.15) is 12.5 Å². The molecule has 0 saturated carbocycles. The molecule has 8 rings (SSSR count). The molecule has 4 aromatic carbocycles. The van der Waals surface area contributed by atoms with E-state index >= 15 is 0 Å². The fourth-order valence-corrected chi connectivity index (χ4v) is 7.85. The quantitative estimate of drug-likeness (QED) is 0.226. The van der Waals surface area contributed by atoms with Gasteiger partial charge in [0, 0.05) is 58.0 Å². The van der Waals surface area contributed by atoms with Crippen LogP contribution in [0.3, 0.4) is 0 Å². The van der Waals surface area contributed by atoms with Crippen molar-refractivity contribution in [3.8, 4) is 0 Å². The molecule has 4 aliphatic rings. The Bertz CT molecular complexity index is 2110. The number of carbonyl (C=O) groups is 8. The van der Waals surface area contributed by atoms with Crippen LogP contribution in [0.5, 0.6) is 0 Å². The van der Waals surface area contributed by atoms with E-state index in [2.05, 4.69) is 0 Å². The molecule has 0 radical (unpaired) electrons. The molecule has 2 atom stereocenters. The molecule has 262 valence electrons. The van der Waals surface area contributed by atoms with Gasteiger partial charge in [-0.25, -0.2) is 9.80 Å². The molecule has 0 spiro atoms. The van der Waals surface area contributed by atoms with Gasteiger partial charge in [-0.3, -0.25) is 38.4 Å². The Morgan fingerprint density at radius 3 is 0.808 bits per heavy atom. The van der Waals surface area contributed by atoms with E-state index < -0.39 is 59.7 Å². The summed E-state index contributed by atoms with van der Waals surface area (Å²) in [6.07, 6.45) is 0.387. The second-order valence-electron chi connectivity index (χ2n) is 12.9. The first-order chi connectivity index (χ1) is 25.0. The van der Waals surface area contributed by atoms with Crippen molar-refractivity contribution in [2.45, 2.75) is 52.0 Å². The van der Waals surface area contributed by atoms with E-state index in [-0.39, 0.29) is 66.1 Å². The highest BCUT2D eigenvalue weighted by molar-refractivity contribution is 6.37. The second-order valence-corrected chi connectivity index (χ2v) is 12.9. The zero-order valence-electron chi connectivity index (χ0n) is 28.5. The van der Waals surface area contributed by atoms with Crippen molar-refractivity contribution >= 4 is 68.8 Å². The number of ether oxygens (including phenoxy) is 2. The van der Waals surface area contributed by atoms with Crippen molar-refractivity contribution in [1.82, 2.24) is 19.8 Å². The van der Waals surface area contributed by atoms with Crippen LogP contribution >= 0.6 is 0 Å². The van der Waals surface area contributed by atoms with Crippen LogP contribution in [0.15, 0.2) is 48.5 Å². The van der Waals surface area contributed by atoms with Crippen LogP contribution in [-0.4, -0.2) is 93.8 Å². The summed E-state index contributed by atoms with van der Waals surface area (Å²) in [6.45, 7) is 3.77. The lowest BCUT2D eigenvalue weighted by molar-refractivity contribution is -0.0182. The maximum absolute atomic E-state index is 14.2. The first kappa shape index (κ1) is 33.0. The smallest absolute Gasteiger partial charge is 0.281 e. The Balaban J connectivity index is 1.22. The highest BCUT2D eigenvalue weighted by Gasteiger charge is 2.49. The molecule has 8 amide bonds. The third-order valence-corrected chi connectivity index (χ3v) is 10.2. The molecule has 14 nitrogen and oxygen atoms in total. The average molecular weight is 703 g/mol. The number of carbonyl (C=O) groups excluding carboxylic acids is 8. The van der Waals surface area contributed by atoms with Crippen molar-refractivity contribution in [3.05, 3.63) is 93.0 Å². The molecule has 14 heteroatoms. The lowest BCUT2D eigenvalue weighted by Gasteiger charge is -2.39. The van der Waals surface area contributed by atoms with Crippen LogP contribution in [-0.2, 0) is 9.47 Å². The van der Waals surface area contributed by atoms with Gasteiger partial charge in [0.25, 0.3) is 47.3 Å². The summed E-state index contributed by atoms with van der Waals surface area (Å²) >= 11 is 0. The van der Waals surface area contributed by atoms with E-state index in [1.54, 1.807) is 0 Å². The topological polar surface area (TPSA) is 168 Å². The molecular weight excluding hydrogens is 672 g/mol. The Hall–Kier alpha value is -6.12. The number of rotatable bonds is 9. The van der Waals surface area contributed by atoms with Gasteiger partial charge >= 0.3 is 0 Å². The molecule has 0 N–H and O–H groups in total. The van der Waals surface area contributed by atoms with Gasteiger partial charge in [-0.2, -0.15) is 10.0 Å². The molecule has 0 saturated heterocycles. The van der Waals surface area contributed by atoms with Crippen molar-refractivity contribution in [2.24, 2.45) is 0 Å². The summed E-state index contributed by atoms with van der Waals surface area (Å²) in [4.78, 5) is 114. The number of amides is 8. The van der Waals surface area contributed by atoms with Gasteiger partial charge in [-0.15, -0.1) is 0 Å². The summed E-state index contributed by atoms with van der Waals surface area (Å²) < 4.78 is 10.9. The number of hydrogen-bond donors (Lipinski definition) is 0. The van der Waals surface area contributed by atoms with Gasteiger partial charge in [0.05, 0.1) is 22.3 Å². The summed E-state index contributed by atoms with van der Waals surface area (Å²) in [5.41, 5.74) is -0.0401. The van der Waals surface area contributed by atoms with Crippen molar-refractivity contribution in [3.63, 3.8) is 0 Å². The number of hydrazine groups is 1. The number of hydrogen-bond acceptors (Lipinski definition) is 10. The van der Waals surface area contributed by atoms with E-state index in [0.717, 1.165) is 9.80 Å². The summed E-state index contributed by atoms with van der Waals surface area (Å²) in [5.74, 6) is -6.69. The molecule has 0 aromatic heterocycles. The molecule has 0 aliphatic carbocycles. The Morgan fingerprint density at radius 1 is 0.404 bits per heavy atom. The van der Waals surface area contributed by atoms with Crippen molar-refractivity contribution in [1.29, 1.82) is 0 Å². The van der Waals surface area contributed by atoms with Gasteiger partial charge in [-0.1, -0.05) is 26.7 Å². The third kappa shape index (κ3) is 4.12. The van der Waals surface area contributed by atoms with Crippen LogP contribution < -0.4 is 0 Å². The number of methoxy groups -OCH3 is 2. The Labute approximate surface area is 295 Å². The van der Waals surface area contributed by atoms with Crippen molar-refractivity contribution in [2.75, 3.05) is 14.2 Å². The summed E-state index contributed by atoms with van der Waals surface area (Å²) in [6, 6.07) is 10.8. The average Bonchev–Trinajstić information content (AvgIpc) is 3.14. The van der Waals surface area contributed by atoms with E-state index in [0.29, 0.717) is 35.7 Å².